The van der Waals surface area contributed by atoms with E-state index in [4.69, 9.17) is 23.2 Å². The molecule has 0 unspecified atom stereocenters. The fourth-order valence-electron chi connectivity index (χ4n) is 3.31. The second-order valence-corrected chi connectivity index (χ2v) is 11.3. The minimum atomic E-state index is -4.77. The van der Waals surface area contributed by atoms with Gasteiger partial charge in [0.25, 0.3) is 0 Å². The molecule has 2 rings (SSSR count). The van der Waals surface area contributed by atoms with Gasteiger partial charge in [-0.2, -0.15) is 13.2 Å². The molecule has 37 heavy (non-hydrogen) atoms. The Balaban J connectivity index is 2.49. The Labute approximate surface area is 224 Å². The van der Waals surface area contributed by atoms with Crippen LogP contribution >= 0.6 is 23.2 Å². The Morgan fingerprint density at radius 2 is 1.65 bits per heavy atom. The van der Waals surface area contributed by atoms with Crippen LogP contribution in [-0.4, -0.2) is 50.0 Å². The minimum absolute atomic E-state index is 0.0843. The molecular weight excluding hydrogens is 554 g/mol. The van der Waals surface area contributed by atoms with Gasteiger partial charge in [-0.25, -0.2) is 8.42 Å². The number of alkyl halides is 3. The molecule has 0 aliphatic rings. The van der Waals surface area contributed by atoms with E-state index in [0.717, 1.165) is 17.2 Å². The Bertz CT molecular complexity index is 1220. The van der Waals surface area contributed by atoms with Crippen LogP contribution in [0.3, 0.4) is 0 Å². The van der Waals surface area contributed by atoms with E-state index in [1.807, 2.05) is 6.92 Å². The molecular formula is C24H28Cl2F3N3O4S. The maximum atomic E-state index is 13.5. The van der Waals surface area contributed by atoms with Gasteiger partial charge in [0.1, 0.15) is 12.6 Å². The van der Waals surface area contributed by atoms with Gasteiger partial charge < -0.3 is 10.2 Å². The van der Waals surface area contributed by atoms with Gasteiger partial charge >= 0.3 is 6.18 Å². The normalized spacial score (nSPS) is 13.5. The summed E-state index contributed by atoms with van der Waals surface area (Å²) >= 11 is 12.0. The summed E-state index contributed by atoms with van der Waals surface area (Å²) in [5, 5.41) is 2.93. The van der Waals surface area contributed by atoms with Crippen LogP contribution in [0.2, 0.25) is 10.0 Å². The molecule has 13 heteroatoms. The van der Waals surface area contributed by atoms with Crippen molar-refractivity contribution in [1.29, 1.82) is 0 Å². The lowest BCUT2D eigenvalue weighted by molar-refractivity contribution is -0.139. The first-order valence-electron chi connectivity index (χ1n) is 11.2. The number of halogens is 5. The van der Waals surface area contributed by atoms with Crippen molar-refractivity contribution in [3.05, 3.63) is 63.6 Å². The highest BCUT2D eigenvalue weighted by molar-refractivity contribution is 7.92. The van der Waals surface area contributed by atoms with Crippen molar-refractivity contribution in [2.24, 2.45) is 0 Å². The molecule has 0 aliphatic heterocycles. The van der Waals surface area contributed by atoms with Crippen LogP contribution in [0.4, 0.5) is 18.9 Å². The summed E-state index contributed by atoms with van der Waals surface area (Å²) in [4.78, 5) is 27.5. The van der Waals surface area contributed by atoms with Gasteiger partial charge in [-0.3, -0.25) is 13.9 Å². The van der Waals surface area contributed by atoms with Crippen molar-refractivity contribution >= 4 is 50.7 Å². The third-order valence-corrected chi connectivity index (χ3v) is 7.35. The molecule has 2 aromatic carbocycles. The predicted molar refractivity (Wildman–Crippen MR) is 138 cm³/mol. The molecule has 2 amide bonds. The highest BCUT2D eigenvalue weighted by Crippen LogP contribution is 2.36. The Hall–Kier alpha value is -2.50. The number of sulfonamides is 1. The van der Waals surface area contributed by atoms with Crippen LogP contribution < -0.4 is 9.62 Å². The van der Waals surface area contributed by atoms with Gasteiger partial charge in [-0.1, -0.05) is 42.3 Å². The zero-order chi connectivity index (χ0) is 28.1. The lowest BCUT2D eigenvalue weighted by atomic mass is 10.1. The van der Waals surface area contributed by atoms with E-state index in [1.54, 1.807) is 31.2 Å². The van der Waals surface area contributed by atoms with Crippen LogP contribution in [0, 0.1) is 0 Å². The second-order valence-electron chi connectivity index (χ2n) is 8.58. The van der Waals surface area contributed by atoms with E-state index in [0.29, 0.717) is 33.4 Å². The van der Waals surface area contributed by atoms with Crippen molar-refractivity contribution in [3.63, 3.8) is 0 Å². The van der Waals surface area contributed by atoms with Crippen LogP contribution in [0.1, 0.15) is 38.3 Å². The Morgan fingerprint density at radius 1 is 1.05 bits per heavy atom. The van der Waals surface area contributed by atoms with Gasteiger partial charge in [-0.05, 0) is 56.2 Å². The Kier molecular flexibility index (Phi) is 10.3. The highest BCUT2D eigenvalue weighted by Gasteiger charge is 2.34. The van der Waals surface area contributed by atoms with E-state index in [9.17, 15) is 31.2 Å². The van der Waals surface area contributed by atoms with Crippen molar-refractivity contribution in [2.75, 3.05) is 17.1 Å². The topological polar surface area (TPSA) is 86.8 Å². The average molecular weight is 582 g/mol. The van der Waals surface area contributed by atoms with Gasteiger partial charge in [0, 0.05) is 17.6 Å². The first-order chi connectivity index (χ1) is 17.0. The van der Waals surface area contributed by atoms with Crippen LogP contribution in [0.25, 0.3) is 0 Å². The summed E-state index contributed by atoms with van der Waals surface area (Å²) in [5.41, 5.74) is -1.04. The number of nitrogens with zero attached hydrogens (tertiary/aromatic N) is 2. The molecule has 0 radical (unpaired) electrons. The number of carbonyl (C=O) groups excluding carboxylic acids is 2. The average Bonchev–Trinajstić information content (AvgIpc) is 2.80. The second kappa shape index (κ2) is 12.4. The number of rotatable bonds is 10. The molecule has 0 aliphatic carbocycles. The highest BCUT2D eigenvalue weighted by atomic mass is 35.5. The number of hydrogen-bond donors (Lipinski definition) is 1. The summed E-state index contributed by atoms with van der Waals surface area (Å²) in [7, 11) is -4.26. The predicted octanol–water partition coefficient (Wildman–Crippen LogP) is 5.11. The summed E-state index contributed by atoms with van der Waals surface area (Å²) in [6.07, 6.45) is -3.38. The standard InChI is InChI=1S/C24H28Cl2F3N3O4S/c1-5-15(2)30-23(34)16(3)31(13-17-6-9-19(25)10-7-17)22(33)14-32(37(4,35)36)21-12-18(24(27,28)29)8-11-20(21)26/h6-12,15-16H,5,13-14H2,1-4H3,(H,30,34)/t15-,16-/m0/s1. The van der Waals surface area contributed by atoms with Crippen molar-refractivity contribution in [1.82, 2.24) is 10.2 Å². The number of hydrogen-bond acceptors (Lipinski definition) is 4. The first-order valence-corrected chi connectivity index (χ1v) is 13.8. The van der Waals surface area contributed by atoms with Gasteiger partial charge in [0.15, 0.2) is 0 Å². The molecule has 0 spiro atoms. The van der Waals surface area contributed by atoms with Gasteiger partial charge in [0.05, 0.1) is 22.5 Å². The van der Waals surface area contributed by atoms with Crippen molar-refractivity contribution in [2.45, 2.75) is 52.0 Å². The number of benzene rings is 2. The zero-order valence-electron chi connectivity index (χ0n) is 20.6. The van der Waals surface area contributed by atoms with E-state index in [1.165, 1.54) is 6.92 Å². The number of amides is 2. The fraction of sp³-hybridized carbons (Fsp3) is 0.417. The molecule has 0 saturated carbocycles. The van der Waals surface area contributed by atoms with Crippen LogP contribution in [0.15, 0.2) is 42.5 Å². The number of anilines is 1. The number of nitrogens with one attached hydrogen (secondary N) is 1. The molecule has 0 fully saturated rings. The van der Waals surface area contributed by atoms with Crippen molar-refractivity contribution < 1.29 is 31.2 Å². The third kappa shape index (κ3) is 8.51. The molecule has 7 nitrogen and oxygen atoms in total. The van der Waals surface area contributed by atoms with E-state index in [2.05, 4.69) is 5.32 Å². The van der Waals surface area contributed by atoms with E-state index >= 15 is 0 Å². The van der Waals surface area contributed by atoms with E-state index in [-0.39, 0.29) is 17.6 Å². The molecule has 204 valence electrons. The summed E-state index contributed by atoms with van der Waals surface area (Å²) in [6, 6.07) is 7.44. The zero-order valence-corrected chi connectivity index (χ0v) is 23.0. The largest absolute Gasteiger partial charge is 0.416 e. The maximum Gasteiger partial charge on any atom is 0.416 e. The molecule has 0 saturated heterocycles. The van der Waals surface area contributed by atoms with Crippen molar-refractivity contribution in [3.8, 4) is 0 Å². The van der Waals surface area contributed by atoms with Gasteiger partial charge in [0.2, 0.25) is 21.8 Å². The maximum absolute atomic E-state index is 13.5. The minimum Gasteiger partial charge on any atom is -0.352 e. The fourth-order valence-corrected chi connectivity index (χ4v) is 4.56. The molecule has 0 aromatic heterocycles. The van der Waals surface area contributed by atoms with E-state index < -0.39 is 51.9 Å². The molecule has 2 aromatic rings. The lowest BCUT2D eigenvalue weighted by Crippen LogP contribution is -2.52. The third-order valence-electron chi connectivity index (χ3n) is 5.66. The molecule has 0 bridgehead atoms. The summed E-state index contributed by atoms with van der Waals surface area (Å²) in [6.45, 7) is 4.17. The van der Waals surface area contributed by atoms with Crippen LogP contribution in [0.5, 0.6) is 0 Å². The monoisotopic (exact) mass is 581 g/mol. The molecule has 0 heterocycles. The lowest BCUT2D eigenvalue weighted by Gasteiger charge is -2.32. The quantitative estimate of drug-likeness (QED) is 0.422. The SMILES string of the molecule is CC[C@H](C)NC(=O)[C@H](C)N(Cc1ccc(Cl)cc1)C(=O)CN(c1cc(C(F)(F)F)ccc1Cl)S(C)(=O)=O. The van der Waals surface area contributed by atoms with Gasteiger partial charge in [-0.15, -0.1) is 0 Å². The summed E-state index contributed by atoms with van der Waals surface area (Å²) < 4.78 is 65.6. The first kappa shape index (κ1) is 30.7. The van der Waals surface area contributed by atoms with Crippen LogP contribution in [-0.2, 0) is 32.3 Å². The molecule has 2 atom stereocenters. The summed E-state index contributed by atoms with van der Waals surface area (Å²) in [5.74, 6) is -1.29. The smallest absolute Gasteiger partial charge is 0.352 e. The molecule has 1 N–H and O–H groups in total. The Morgan fingerprint density at radius 3 is 2.16 bits per heavy atom. The number of carbonyl (C=O) groups is 2.